The molecular formula is C22H25N3O2S. The molecule has 28 heavy (non-hydrogen) atoms. The van der Waals surface area contributed by atoms with Crippen LogP contribution in [0, 0.1) is 11.3 Å². The van der Waals surface area contributed by atoms with Crippen molar-refractivity contribution in [2.45, 2.75) is 17.9 Å². The Hall–Kier alpha value is -2.49. The van der Waals surface area contributed by atoms with E-state index in [0.717, 1.165) is 49.1 Å². The van der Waals surface area contributed by atoms with E-state index in [-0.39, 0.29) is 5.91 Å². The summed E-state index contributed by atoms with van der Waals surface area (Å²) in [5.74, 6) is 1.87. The van der Waals surface area contributed by atoms with Gasteiger partial charge in [-0.15, -0.1) is 11.8 Å². The van der Waals surface area contributed by atoms with Gasteiger partial charge in [-0.25, -0.2) is 0 Å². The van der Waals surface area contributed by atoms with Crippen LogP contribution in [0.2, 0.25) is 0 Å². The van der Waals surface area contributed by atoms with Gasteiger partial charge in [-0.2, -0.15) is 5.26 Å². The third kappa shape index (κ3) is 5.75. The molecule has 2 aromatic carbocycles. The van der Waals surface area contributed by atoms with E-state index in [1.54, 1.807) is 18.9 Å². The van der Waals surface area contributed by atoms with Gasteiger partial charge in [0.25, 0.3) is 0 Å². The zero-order chi connectivity index (χ0) is 19.8. The summed E-state index contributed by atoms with van der Waals surface area (Å²) in [5, 5.41) is 8.87. The molecule has 0 unspecified atom stereocenters. The lowest BCUT2D eigenvalue weighted by Crippen LogP contribution is -2.48. The van der Waals surface area contributed by atoms with Gasteiger partial charge in [0.1, 0.15) is 5.75 Å². The molecule has 1 aliphatic heterocycles. The average Bonchev–Trinajstić information content (AvgIpc) is 2.75. The second-order valence-electron chi connectivity index (χ2n) is 6.74. The van der Waals surface area contributed by atoms with Gasteiger partial charge in [-0.3, -0.25) is 9.69 Å². The summed E-state index contributed by atoms with van der Waals surface area (Å²) in [5.41, 5.74) is 1.89. The molecule has 0 aliphatic carbocycles. The van der Waals surface area contributed by atoms with E-state index in [4.69, 9.17) is 10.00 Å². The Morgan fingerprint density at radius 2 is 1.75 bits per heavy atom. The Morgan fingerprint density at radius 1 is 1.07 bits per heavy atom. The average molecular weight is 396 g/mol. The van der Waals surface area contributed by atoms with Crippen LogP contribution in [0.1, 0.15) is 17.5 Å². The van der Waals surface area contributed by atoms with Gasteiger partial charge in [-0.05, 0) is 42.0 Å². The number of methoxy groups -OCH3 is 1. The van der Waals surface area contributed by atoms with Crippen LogP contribution in [0.25, 0.3) is 0 Å². The number of piperazine rings is 1. The number of thioether (sulfide) groups is 1. The SMILES string of the molecule is COc1ccc(SCCC(=O)N2CCN(Cc3ccc(C#N)cc3)CC2)cc1. The minimum atomic E-state index is 0.235. The highest BCUT2D eigenvalue weighted by atomic mass is 32.2. The van der Waals surface area contributed by atoms with E-state index in [1.807, 2.05) is 53.4 Å². The first kappa shape index (κ1) is 20.2. The Labute approximate surface area is 170 Å². The third-order valence-electron chi connectivity index (χ3n) is 4.86. The summed E-state index contributed by atoms with van der Waals surface area (Å²) in [6.07, 6.45) is 0.562. The minimum absolute atomic E-state index is 0.235. The fourth-order valence-corrected chi connectivity index (χ4v) is 4.03. The molecule has 0 bridgehead atoms. The highest BCUT2D eigenvalue weighted by Crippen LogP contribution is 2.22. The predicted octanol–water partition coefficient (Wildman–Crippen LogP) is 3.39. The van der Waals surface area contributed by atoms with Crippen molar-refractivity contribution in [1.29, 1.82) is 5.26 Å². The molecule has 0 atom stereocenters. The molecule has 1 saturated heterocycles. The monoisotopic (exact) mass is 395 g/mol. The lowest BCUT2D eigenvalue weighted by molar-refractivity contribution is -0.132. The first-order chi connectivity index (χ1) is 13.7. The summed E-state index contributed by atoms with van der Waals surface area (Å²) in [7, 11) is 1.66. The fourth-order valence-electron chi connectivity index (χ4n) is 3.18. The van der Waals surface area contributed by atoms with Gasteiger partial charge < -0.3 is 9.64 Å². The second-order valence-corrected chi connectivity index (χ2v) is 7.91. The number of ether oxygens (including phenoxy) is 1. The van der Waals surface area contributed by atoms with Crippen LogP contribution in [-0.4, -0.2) is 54.7 Å². The lowest BCUT2D eigenvalue weighted by Gasteiger charge is -2.34. The Balaban J connectivity index is 1.37. The van der Waals surface area contributed by atoms with Gasteiger partial charge in [0.15, 0.2) is 0 Å². The number of benzene rings is 2. The van der Waals surface area contributed by atoms with Crippen LogP contribution in [-0.2, 0) is 11.3 Å². The maximum atomic E-state index is 12.5. The number of amides is 1. The number of hydrogen-bond acceptors (Lipinski definition) is 5. The largest absolute Gasteiger partial charge is 0.497 e. The van der Waals surface area contributed by atoms with Crippen molar-refractivity contribution < 1.29 is 9.53 Å². The molecular weight excluding hydrogens is 370 g/mol. The van der Waals surface area contributed by atoms with E-state index in [1.165, 1.54) is 5.56 Å². The second kappa shape index (κ2) is 10.2. The van der Waals surface area contributed by atoms with Crippen LogP contribution < -0.4 is 4.74 Å². The summed E-state index contributed by atoms with van der Waals surface area (Å²) < 4.78 is 5.16. The Bertz CT molecular complexity index is 807. The molecule has 0 N–H and O–H groups in total. The van der Waals surface area contributed by atoms with Crippen LogP contribution in [0.15, 0.2) is 53.4 Å². The number of rotatable bonds is 7. The van der Waals surface area contributed by atoms with Gasteiger partial charge in [0.05, 0.1) is 18.7 Å². The topological polar surface area (TPSA) is 56.6 Å². The van der Waals surface area contributed by atoms with Crippen molar-refractivity contribution >= 4 is 17.7 Å². The fraction of sp³-hybridized carbons (Fsp3) is 0.364. The molecule has 6 heteroatoms. The summed E-state index contributed by atoms with van der Waals surface area (Å²) >= 11 is 1.70. The number of hydrogen-bond donors (Lipinski definition) is 0. The number of carbonyl (C=O) groups excluding carboxylic acids is 1. The van der Waals surface area contributed by atoms with E-state index in [2.05, 4.69) is 11.0 Å². The van der Waals surface area contributed by atoms with E-state index in [9.17, 15) is 4.79 Å². The molecule has 2 aromatic rings. The smallest absolute Gasteiger partial charge is 0.223 e. The molecule has 1 fully saturated rings. The molecule has 1 aliphatic rings. The van der Waals surface area contributed by atoms with Crippen molar-refractivity contribution in [2.75, 3.05) is 39.0 Å². The molecule has 1 heterocycles. The molecule has 0 radical (unpaired) electrons. The molecule has 1 amide bonds. The van der Waals surface area contributed by atoms with E-state index in [0.29, 0.717) is 12.0 Å². The first-order valence-electron chi connectivity index (χ1n) is 9.44. The zero-order valence-corrected chi connectivity index (χ0v) is 17.0. The van der Waals surface area contributed by atoms with Gasteiger partial charge in [0.2, 0.25) is 5.91 Å². The van der Waals surface area contributed by atoms with E-state index < -0.39 is 0 Å². The lowest BCUT2D eigenvalue weighted by atomic mass is 10.1. The minimum Gasteiger partial charge on any atom is -0.497 e. The van der Waals surface area contributed by atoms with Gasteiger partial charge >= 0.3 is 0 Å². The molecule has 0 saturated carbocycles. The summed E-state index contributed by atoms with van der Waals surface area (Å²) in [6, 6.07) is 17.8. The summed E-state index contributed by atoms with van der Waals surface area (Å²) in [4.78, 5) is 18.0. The Morgan fingerprint density at radius 3 is 2.36 bits per heavy atom. The van der Waals surface area contributed by atoms with E-state index >= 15 is 0 Å². The van der Waals surface area contributed by atoms with Crippen LogP contribution >= 0.6 is 11.8 Å². The maximum absolute atomic E-state index is 12.5. The highest BCUT2D eigenvalue weighted by Gasteiger charge is 2.20. The first-order valence-corrected chi connectivity index (χ1v) is 10.4. The normalized spacial score (nSPS) is 14.5. The number of nitriles is 1. The zero-order valence-electron chi connectivity index (χ0n) is 16.1. The Kier molecular flexibility index (Phi) is 7.35. The third-order valence-corrected chi connectivity index (χ3v) is 5.87. The quantitative estimate of drug-likeness (QED) is 0.673. The molecule has 3 rings (SSSR count). The van der Waals surface area contributed by atoms with Gasteiger partial charge in [-0.1, -0.05) is 12.1 Å². The van der Waals surface area contributed by atoms with Crippen LogP contribution in [0.4, 0.5) is 0 Å². The summed E-state index contributed by atoms with van der Waals surface area (Å²) in [6.45, 7) is 4.19. The number of nitrogens with zero attached hydrogens (tertiary/aromatic N) is 3. The van der Waals surface area contributed by atoms with Crippen molar-refractivity contribution in [2.24, 2.45) is 0 Å². The van der Waals surface area contributed by atoms with Crippen molar-refractivity contribution in [3.63, 3.8) is 0 Å². The molecule has 5 nitrogen and oxygen atoms in total. The molecule has 0 spiro atoms. The van der Waals surface area contributed by atoms with Crippen molar-refractivity contribution in [3.05, 3.63) is 59.7 Å². The molecule has 0 aromatic heterocycles. The highest BCUT2D eigenvalue weighted by molar-refractivity contribution is 7.99. The van der Waals surface area contributed by atoms with Crippen molar-refractivity contribution in [3.8, 4) is 11.8 Å². The number of carbonyl (C=O) groups is 1. The predicted molar refractivity (Wildman–Crippen MR) is 111 cm³/mol. The standard InChI is InChI=1S/C22H25N3O2S/c1-27-20-6-8-21(9-7-20)28-15-10-22(26)25-13-11-24(12-14-25)17-19-4-2-18(16-23)3-5-19/h2-9H,10-15,17H2,1H3. The van der Waals surface area contributed by atoms with Crippen LogP contribution in [0.5, 0.6) is 5.75 Å². The maximum Gasteiger partial charge on any atom is 0.223 e. The van der Waals surface area contributed by atoms with Crippen molar-refractivity contribution in [1.82, 2.24) is 9.80 Å². The van der Waals surface area contributed by atoms with Crippen LogP contribution in [0.3, 0.4) is 0 Å². The van der Waals surface area contributed by atoms with Gasteiger partial charge in [0, 0.05) is 49.8 Å². The molecule has 146 valence electrons.